The van der Waals surface area contributed by atoms with Crippen molar-refractivity contribution in [3.63, 3.8) is 0 Å². The van der Waals surface area contributed by atoms with Crippen molar-refractivity contribution in [3.05, 3.63) is 108 Å². The van der Waals surface area contributed by atoms with Gasteiger partial charge >= 0.3 is 6.18 Å². The number of oxazole rings is 1. The summed E-state index contributed by atoms with van der Waals surface area (Å²) in [5.74, 6) is -1.66. The number of halogens is 5. The van der Waals surface area contributed by atoms with Crippen LogP contribution in [0.4, 0.5) is 19.0 Å². The molecule has 1 aromatic carbocycles. The number of Topliss-reactive ketones (excluding diaryl/α,β-unsaturated/α-hetero) is 1. The Morgan fingerprint density at radius 2 is 1.90 bits per heavy atom. The molecule has 0 spiro atoms. The van der Waals surface area contributed by atoms with Crippen molar-refractivity contribution in [2.24, 2.45) is 0 Å². The van der Waals surface area contributed by atoms with Gasteiger partial charge in [-0.3, -0.25) is 19.0 Å². The summed E-state index contributed by atoms with van der Waals surface area (Å²) in [5, 5.41) is 7.32. The van der Waals surface area contributed by atoms with E-state index in [2.05, 4.69) is 31.3 Å². The molecule has 0 aliphatic heterocycles. The Labute approximate surface area is 246 Å². The average molecular weight is 667 g/mol. The number of thiophene rings is 1. The average Bonchev–Trinajstić information content (AvgIpc) is 3.70. The standard InChI is InChI=1S/C26H16BrClF3N5O4S/c27-17-6-8-23(38)35(12-19(37)20-11-32-13-40-20)24(17)18-9-22(33-10-14-5-7-21(28)41-14)36(34-18)25(39)15-3-1-2-4-16(15)26(29,30)31/h1-9,11,13,33H,10,12H2. The summed E-state index contributed by atoms with van der Waals surface area (Å²) >= 11 is 10.7. The summed E-state index contributed by atoms with van der Waals surface area (Å²) in [6, 6.07) is 11.9. The molecule has 0 aliphatic rings. The highest BCUT2D eigenvalue weighted by atomic mass is 79.9. The molecule has 4 heterocycles. The zero-order valence-corrected chi connectivity index (χ0v) is 23.6. The molecule has 210 valence electrons. The van der Waals surface area contributed by atoms with Crippen LogP contribution in [-0.2, 0) is 19.3 Å². The van der Waals surface area contributed by atoms with Crippen molar-refractivity contribution in [2.45, 2.75) is 19.3 Å². The minimum Gasteiger partial charge on any atom is -0.440 e. The van der Waals surface area contributed by atoms with E-state index in [1.807, 2.05) is 0 Å². The van der Waals surface area contributed by atoms with Crippen LogP contribution in [0.25, 0.3) is 11.4 Å². The molecule has 0 unspecified atom stereocenters. The smallest absolute Gasteiger partial charge is 0.417 e. The first-order chi connectivity index (χ1) is 19.5. The SMILES string of the molecule is O=C(Cn1c(-c2cc(NCc3ccc(Cl)s3)n(C(=O)c3ccccc3C(F)(F)F)n2)c(Br)ccc1=O)c1cnco1. The van der Waals surface area contributed by atoms with Gasteiger partial charge < -0.3 is 9.73 Å². The highest BCUT2D eigenvalue weighted by Gasteiger charge is 2.36. The first kappa shape index (κ1) is 28.5. The Hall–Kier alpha value is -4.01. The number of pyridine rings is 1. The van der Waals surface area contributed by atoms with Gasteiger partial charge in [-0.2, -0.15) is 23.0 Å². The molecule has 15 heteroatoms. The van der Waals surface area contributed by atoms with Gasteiger partial charge in [-0.05, 0) is 46.3 Å². The van der Waals surface area contributed by atoms with Crippen molar-refractivity contribution in [2.75, 3.05) is 5.32 Å². The number of benzene rings is 1. The van der Waals surface area contributed by atoms with E-state index in [0.29, 0.717) is 8.81 Å². The summed E-state index contributed by atoms with van der Waals surface area (Å²) in [6.45, 7) is -0.291. The lowest BCUT2D eigenvalue weighted by molar-refractivity contribution is -0.137. The third-order valence-corrected chi connectivity index (χ3v) is 7.69. The Morgan fingerprint density at radius 1 is 1.12 bits per heavy atom. The number of carbonyl (C=O) groups is 2. The predicted molar refractivity (Wildman–Crippen MR) is 148 cm³/mol. The summed E-state index contributed by atoms with van der Waals surface area (Å²) in [5.41, 5.74) is -2.18. The predicted octanol–water partition coefficient (Wildman–Crippen LogP) is 6.38. The van der Waals surface area contributed by atoms with Gasteiger partial charge in [0.15, 0.2) is 12.2 Å². The van der Waals surface area contributed by atoms with Crippen molar-refractivity contribution < 1.29 is 27.2 Å². The fraction of sp³-hybridized carbons (Fsp3) is 0.115. The van der Waals surface area contributed by atoms with Gasteiger partial charge in [0, 0.05) is 21.5 Å². The van der Waals surface area contributed by atoms with Gasteiger partial charge in [-0.1, -0.05) is 23.7 Å². The monoisotopic (exact) mass is 665 g/mol. The number of aromatic nitrogens is 4. The van der Waals surface area contributed by atoms with Crippen LogP contribution in [0.2, 0.25) is 4.34 Å². The number of nitrogens with one attached hydrogen (secondary N) is 1. The van der Waals surface area contributed by atoms with Crippen LogP contribution in [0.15, 0.2) is 80.9 Å². The maximum Gasteiger partial charge on any atom is 0.417 e. The molecule has 0 radical (unpaired) electrons. The molecule has 9 nitrogen and oxygen atoms in total. The lowest BCUT2D eigenvalue weighted by atomic mass is 10.1. The van der Waals surface area contributed by atoms with Crippen molar-refractivity contribution in [1.29, 1.82) is 0 Å². The van der Waals surface area contributed by atoms with Gasteiger partial charge in [0.2, 0.25) is 5.78 Å². The fourth-order valence-electron chi connectivity index (χ4n) is 3.98. The molecule has 1 N–H and O–H groups in total. The maximum absolute atomic E-state index is 13.8. The number of alkyl halides is 3. The van der Waals surface area contributed by atoms with Gasteiger partial charge in [0.1, 0.15) is 11.5 Å². The summed E-state index contributed by atoms with van der Waals surface area (Å²) < 4.78 is 49.1. The second-order valence-electron chi connectivity index (χ2n) is 8.48. The number of rotatable bonds is 8. The number of hydrogen-bond acceptors (Lipinski definition) is 8. The van der Waals surface area contributed by atoms with Gasteiger partial charge in [0.05, 0.1) is 40.4 Å². The van der Waals surface area contributed by atoms with Crippen LogP contribution < -0.4 is 10.9 Å². The molecule has 0 saturated heterocycles. The topological polar surface area (TPSA) is 112 Å². The van der Waals surface area contributed by atoms with Crippen molar-refractivity contribution in [3.8, 4) is 11.4 Å². The molecule has 4 aromatic heterocycles. The molecular weight excluding hydrogens is 651 g/mol. The van der Waals surface area contributed by atoms with Gasteiger partial charge in [-0.15, -0.1) is 11.3 Å². The molecule has 0 fully saturated rings. The van der Waals surface area contributed by atoms with Crippen LogP contribution in [-0.4, -0.2) is 31.0 Å². The minimum atomic E-state index is -4.80. The van der Waals surface area contributed by atoms with E-state index in [1.54, 1.807) is 12.1 Å². The third kappa shape index (κ3) is 6.04. The number of nitrogens with zero attached hydrogens (tertiary/aromatic N) is 4. The first-order valence-electron chi connectivity index (χ1n) is 11.6. The highest BCUT2D eigenvalue weighted by Crippen LogP contribution is 2.34. The van der Waals surface area contributed by atoms with Crippen molar-refractivity contribution >= 4 is 56.4 Å². The number of hydrogen-bond donors (Lipinski definition) is 1. The van der Waals surface area contributed by atoms with E-state index in [4.69, 9.17) is 16.0 Å². The Morgan fingerprint density at radius 3 is 2.59 bits per heavy atom. The molecular formula is C26H16BrClF3N5O4S. The zero-order valence-electron chi connectivity index (χ0n) is 20.5. The molecule has 0 saturated carbocycles. The van der Waals surface area contributed by atoms with E-state index >= 15 is 0 Å². The van der Waals surface area contributed by atoms with Crippen LogP contribution in [0, 0.1) is 0 Å². The number of ketones is 1. The maximum atomic E-state index is 13.8. The summed E-state index contributed by atoms with van der Waals surface area (Å²) in [7, 11) is 0. The zero-order chi connectivity index (χ0) is 29.3. The van der Waals surface area contributed by atoms with Gasteiger partial charge in [0.25, 0.3) is 11.5 Å². The van der Waals surface area contributed by atoms with Crippen LogP contribution in [0.1, 0.15) is 31.4 Å². The van der Waals surface area contributed by atoms with Crippen LogP contribution in [0.5, 0.6) is 0 Å². The molecule has 0 aliphatic carbocycles. The van der Waals surface area contributed by atoms with E-state index in [-0.39, 0.29) is 29.5 Å². The van der Waals surface area contributed by atoms with Crippen LogP contribution >= 0.6 is 38.9 Å². The Kier molecular flexibility index (Phi) is 7.98. The molecule has 0 atom stereocenters. The number of carbonyl (C=O) groups excluding carboxylic acids is 2. The fourth-order valence-corrected chi connectivity index (χ4v) is 5.55. The minimum absolute atomic E-state index is 0.0319. The Balaban J connectivity index is 1.62. The molecule has 5 rings (SSSR count). The molecule has 0 bridgehead atoms. The highest BCUT2D eigenvalue weighted by molar-refractivity contribution is 9.10. The van der Waals surface area contributed by atoms with E-state index in [0.717, 1.165) is 32.7 Å². The summed E-state index contributed by atoms with van der Waals surface area (Å²) in [6.07, 6.45) is -2.52. The second-order valence-corrected chi connectivity index (χ2v) is 11.1. The number of anilines is 1. The lowest BCUT2D eigenvalue weighted by Crippen LogP contribution is -2.25. The molecule has 5 aromatic rings. The van der Waals surface area contributed by atoms with Crippen molar-refractivity contribution in [1.82, 2.24) is 19.3 Å². The van der Waals surface area contributed by atoms with Crippen LogP contribution in [0.3, 0.4) is 0 Å². The third-order valence-electron chi connectivity index (χ3n) is 5.82. The van der Waals surface area contributed by atoms with E-state index in [1.165, 1.54) is 47.9 Å². The van der Waals surface area contributed by atoms with E-state index in [9.17, 15) is 27.6 Å². The lowest BCUT2D eigenvalue weighted by Gasteiger charge is -2.13. The summed E-state index contributed by atoms with van der Waals surface area (Å²) in [4.78, 5) is 43.7. The van der Waals surface area contributed by atoms with Gasteiger partial charge in [-0.25, -0.2) is 4.98 Å². The molecule has 41 heavy (non-hydrogen) atoms. The molecule has 0 amide bonds. The largest absolute Gasteiger partial charge is 0.440 e. The Bertz CT molecular complexity index is 1810. The van der Waals surface area contributed by atoms with E-state index < -0.39 is 41.1 Å². The normalized spacial score (nSPS) is 11.5. The second kappa shape index (κ2) is 11.5. The quantitative estimate of drug-likeness (QED) is 0.191. The first-order valence-corrected chi connectivity index (χ1v) is 13.6.